The highest BCUT2D eigenvalue weighted by Gasteiger charge is 2.33. The third kappa shape index (κ3) is 2.49. The Kier molecular flexibility index (Phi) is 2.92. The Bertz CT molecular complexity index is 446. The van der Waals surface area contributed by atoms with E-state index in [9.17, 15) is 9.59 Å². The minimum absolute atomic E-state index is 0.0597. The molecule has 92 valence electrons. The normalized spacial score (nSPS) is 17.2. The van der Waals surface area contributed by atoms with E-state index in [0.29, 0.717) is 0 Å². The molecule has 17 heavy (non-hydrogen) atoms. The fourth-order valence-electron chi connectivity index (χ4n) is 2.11. The number of aromatic carboxylic acids is 1. The summed E-state index contributed by atoms with van der Waals surface area (Å²) in [5.41, 5.74) is 0.0482. The van der Waals surface area contributed by atoms with Crippen molar-refractivity contribution in [3.05, 3.63) is 24.0 Å². The fourth-order valence-corrected chi connectivity index (χ4v) is 2.11. The van der Waals surface area contributed by atoms with Crippen molar-refractivity contribution in [2.24, 2.45) is 0 Å². The van der Waals surface area contributed by atoms with E-state index in [4.69, 9.17) is 5.11 Å². The first kappa shape index (κ1) is 11.7. The monoisotopic (exact) mass is 236 g/mol. The molecule has 1 aliphatic carbocycles. The number of carboxylic acids is 1. The van der Waals surface area contributed by atoms with Crippen molar-refractivity contribution in [1.29, 1.82) is 0 Å². The van der Waals surface area contributed by atoms with Gasteiger partial charge in [-0.25, -0.2) is 4.79 Å². The van der Waals surface area contributed by atoms with Crippen molar-refractivity contribution < 1.29 is 14.7 Å². The minimum Gasteiger partial charge on any atom is -0.477 e. The Labute approximate surface area is 99.4 Å². The van der Waals surface area contributed by atoms with E-state index < -0.39 is 5.97 Å². The molecule has 5 nitrogen and oxygen atoms in total. The van der Waals surface area contributed by atoms with Crippen molar-refractivity contribution in [3.8, 4) is 0 Å². The number of hydrogen-bond donors (Lipinski definition) is 2. The van der Waals surface area contributed by atoms with Gasteiger partial charge in [0.1, 0.15) is 12.2 Å². The molecule has 1 aliphatic rings. The molecule has 1 heterocycles. The van der Waals surface area contributed by atoms with E-state index in [-0.39, 0.29) is 23.7 Å². The van der Waals surface area contributed by atoms with Crippen molar-refractivity contribution in [3.63, 3.8) is 0 Å². The van der Waals surface area contributed by atoms with Gasteiger partial charge in [-0.3, -0.25) is 4.79 Å². The number of carbonyl (C=O) groups excluding carboxylic acids is 1. The van der Waals surface area contributed by atoms with Crippen LogP contribution in [-0.4, -0.2) is 27.1 Å². The Hall–Kier alpha value is -1.78. The molecule has 0 bridgehead atoms. The van der Waals surface area contributed by atoms with Gasteiger partial charge in [-0.05, 0) is 38.3 Å². The molecule has 2 rings (SSSR count). The molecule has 0 aliphatic heterocycles. The van der Waals surface area contributed by atoms with Crippen LogP contribution in [0, 0.1) is 0 Å². The Morgan fingerprint density at radius 2 is 2.24 bits per heavy atom. The zero-order valence-electron chi connectivity index (χ0n) is 9.77. The summed E-state index contributed by atoms with van der Waals surface area (Å²) in [5.74, 6) is -1.15. The molecule has 0 radical (unpaired) electrons. The summed E-state index contributed by atoms with van der Waals surface area (Å²) in [5, 5.41) is 11.8. The molecule has 1 amide bonds. The van der Waals surface area contributed by atoms with Crippen LogP contribution in [0.25, 0.3) is 0 Å². The quantitative estimate of drug-likeness (QED) is 0.826. The summed E-state index contributed by atoms with van der Waals surface area (Å²) in [6, 6.07) is 3.11. The van der Waals surface area contributed by atoms with Gasteiger partial charge in [-0.1, -0.05) is 0 Å². The topological polar surface area (TPSA) is 71.3 Å². The molecule has 5 heteroatoms. The molecule has 0 aromatic carbocycles. The molecular weight excluding hydrogens is 220 g/mol. The first-order valence-electron chi connectivity index (χ1n) is 5.70. The maximum atomic E-state index is 11.8. The number of nitrogens with zero attached hydrogens (tertiary/aromatic N) is 1. The fraction of sp³-hybridized carbons (Fsp3) is 0.500. The molecule has 1 saturated carbocycles. The second-order valence-electron chi connectivity index (χ2n) is 4.79. The van der Waals surface area contributed by atoms with Crippen LogP contribution in [0.4, 0.5) is 0 Å². The first-order valence-corrected chi connectivity index (χ1v) is 5.70. The summed E-state index contributed by atoms with van der Waals surface area (Å²) in [6.07, 6.45) is 4.74. The number of carbonyl (C=O) groups is 2. The molecule has 1 aromatic heterocycles. The van der Waals surface area contributed by atoms with E-state index in [1.807, 2.05) is 6.92 Å². The van der Waals surface area contributed by atoms with Gasteiger partial charge < -0.3 is 15.0 Å². The average molecular weight is 236 g/mol. The van der Waals surface area contributed by atoms with Gasteiger partial charge in [0.25, 0.3) is 0 Å². The lowest BCUT2D eigenvalue weighted by atomic mass is 9.78. The molecule has 1 aromatic rings. The molecule has 0 saturated heterocycles. The van der Waals surface area contributed by atoms with Gasteiger partial charge in [-0.15, -0.1) is 0 Å². The Morgan fingerprint density at radius 3 is 2.76 bits per heavy atom. The highest BCUT2D eigenvalue weighted by atomic mass is 16.4. The van der Waals surface area contributed by atoms with Crippen LogP contribution in [0.5, 0.6) is 0 Å². The van der Waals surface area contributed by atoms with Crippen molar-refractivity contribution in [2.45, 2.75) is 38.3 Å². The minimum atomic E-state index is -1.02. The van der Waals surface area contributed by atoms with Crippen molar-refractivity contribution >= 4 is 11.9 Å². The molecule has 0 spiro atoms. The molecular formula is C12H16N2O3. The second-order valence-corrected chi connectivity index (χ2v) is 4.79. The van der Waals surface area contributed by atoms with Gasteiger partial charge in [0.05, 0.1) is 0 Å². The largest absolute Gasteiger partial charge is 0.477 e. The maximum Gasteiger partial charge on any atom is 0.352 e. The Balaban J connectivity index is 1.98. The zero-order chi connectivity index (χ0) is 12.5. The van der Waals surface area contributed by atoms with Crippen LogP contribution in [0.15, 0.2) is 18.3 Å². The van der Waals surface area contributed by atoms with E-state index in [1.165, 1.54) is 10.6 Å². The van der Waals surface area contributed by atoms with E-state index in [0.717, 1.165) is 19.3 Å². The van der Waals surface area contributed by atoms with Crippen LogP contribution >= 0.6 is 0 Å². The van der Waals surface area contributed by atoms with Crippen LogP contribution in [0.3, 0.4) is 0 Å². The first-order chi connectivity index (χ1) is 8.00. The van der Waals surface area contributed by atoms with Crippen LogP contribution in [0.2, 0.25) is 0 Å². The molecule has 0 unspecified atom stereocenters. The standard InChI is InChI=1S/C12H16N2O3/c1-12(5-3-6-12)13-10(15)8-14-7-2-4-9(14)11(16)17/h2,4,7H,3,5-6,8H2,1H3,(H,13,15)(H,16,17). The summed E-state index contributed by atoms with van der Waals surface area (Å²) in [6.45, 7) is 2.08. The SMILES string of the molecule is CC1(NC(=O)Cn2cccc2C(=O)O)CCC1. The highest BCUT2D eigenvalue weighted by Crippen LogP contribution is 2.30. The smallest absolute Gasteiger partial charge is 0.352 e. The average Bonchev–Trinajstić information content (AvgIpc) is 2.63. The van der Waals surface area contributed by atoms with Gasteiger partial charge in [-0.2, -0.15) is 0 Å². The van der Waals surface area contributed by atoms with Crippen LogP contribution < -0.4 is 5.32 Å². The number of rotatable bonds is 4. The van der Waals surface area contributed by atoms with Gasteiger partial charge in [0.2, 0.25) is 5.91 Å². The number of nitrogens with one attached hydrogen (secondary N) is 1. The maximum absolute atomic E-state index is 11.8. The molecule has 0 atom stereocenters. The lowest BCUT2D eigenvalue weighted by Gasteiger charge is -2.39. The predicted octanol–water partition coefficient (Wildman–Crippen LogP) is 1.25. The van der Waals surface area contributed by atoms with Crippen LogP contribution in [0.1, 0.15) is 36.7 Å². The summed E-state index contributed by atoms with van der Waals surface area (Å²) < 4.78 is 1.44. The highest BCUT2D eigenvalue weighted by molar-refractivity contribution is 5.87. The summed E-state index contributed by atoms with van der Waals surface area (Å²) in [4.78, 5) is 22.6. The lowest BCUT2D eigenvalue weighted by Crippen LogP contribution is -2.51. The van der Waals surface area contributed by atoms with Gasteiger partial charge >= 0.3 is 5.97 Å². The Morgan fingerprint density at radius 1 is 1.53 bits per heavy atom. The lowest BCUT2D eigenvalue weighted by molar-refractivity contribution is -0.124. The van der Waals surface area contributed by atoms with E-state index in [2.05, 4.69) is 5.32 Å². The molecule has 1 fully saturated rings. The molecule has 2 N–H and O–H groups in total. The van der Waals surface area contributed by atoms with Crippen LogP contribution in [-0.2, 0) is 11.3 Å². The van der Waals surface area contributed by atoms with Crippen molar-refractivity contribution in [2.75, 3.05) is 0 Å². The summed E-state index contributed by atoms with van der Waals surface area (Å²) >= 11 is 0. The van der Waals surface area contributed by atoms with E-state index in [1.54, 1.807) is 12.3 Å². The number of aromatic nitrogens is 1. The number of carboxylic acid groups (broad SMARTS) is 1. The van der Waals surface area contributed by atoms with Gasteiger partial charge in [0.15, 0.2) is 0 Å². The number of amides is 1. The third-order valence-electron chi connectivity index (χ3n) is 3.26. The number of hydrogen-bond acceptors (Lipinski definition) is 2. The predicted molar refractivity (Wildman–Crippen MR) is 61.8 cm³/mol. The van der Waals surface area contributed by atoms with E-state index >= 15 is 0 Å². The van der Waals surface area contributed by atoms with Crippen molar-refractivity contribution in [1.82, 2.24) is 9.88 Å². The second kappa shape index (κ2) is 4.24. The zero-order valence-corrected chi connectivity index (χ0v) is 9.77. The van der Waals surface area contributed by atoms with Gasteiger partial charge in [0, 0.05) is 11.7 Å². The summed E-state index contributed by atoms with van der Waals surface area (Å²) in [7, 11) is 0. The third-order valence-corrected chi connectivity index (χ3v) is 3.26.